The lowest BCUT2D eigenvalue weighted by molar-refractivity contribution is -0.141. The molecule has 2 N–H and O–H groups in total. The van der Waals surface area contributed by atoms with Gasteiger partial charge < -0.3 is 15.0 Å². The van der Waals surface area contributed by atoms with E-state index in [-0.39, 0.29) is 17.9 Å². The summed E-state index contributed by atoms with van der Waals surface area (Å²) >= 11 is 0. The number of carbonyl (C=O) groups is 2. The number of para-hydroxylation sites is 1. The molecule has 1 heterocycles. The highest BCUT2D eigenvalue weighted by Gasteiger charge is 2.24. The van der Waals surface area contributed by atoms with Crippen LogP contribution in [0.1, 0.15) is 26.3 Å². The fourth-order valence-electron chi connectivity index (χ4n) is 2.65. The summed E-state index contributed by atoms with van der Waals surface area (Å²) in [5.74, 6) is -1.40. The molecule has 1 aromatic carbocycles. The number of carboxylic acid groups (broad SMARTS) is 1. The lowest BCUT2D eigenvalue weighted by atomic mass is 10.1. The Labute approximate surface area is 135 Å². The molecule has 2 aromatic rings. The summed E-state index contributed by atoms with van der Waals surface area (Å²) in [5, 5.41) is 12.8. The number of fused-ring (bicyclic) bond motifs is 1. The van der Waals surface area contributed by atoms with Gasteiger partial charge in [0.25, 0.3) is 0 Å². The van der Waals surface area contributed by atoms with Crippen molar-refractivity contribution in [3.8, 4) is 0 Å². The molecule has 0 aliphatic heterocycles. The van der Waals surface area contributed by atoms with Gasteiger partial charge in [0.2, 0.25) is 5.91 Å². The number of nitrogens with zero attached hydrogens (tertiary/aromatic N) is 1. The zero-order valence-corrected chi connectivity index (χ0v) is 13.7. The minimum atomic E-state index is -1.04. The van der Waals surface area contributed by atoms with E-state index < -0.39 is 12.0 Å². The number of carbonyl (C=O) groups excluding carboxylic acids is 1. The molecule has 23 heavy (non-hydrogen) atoms. The van der Waals surface area contributed by atoms with Crippen LogP contribution in [0.15, 0.2) is 43.1 Å². The molecule has 5 heteroatoms. The SMILES string of the molecule is C=CC(C)(C)n1cc(C[C@@H](NC(C)=O)C(=O)O)c2ccccc21. The van der Waals surface area contributed by atoms with E-state index in [9.17, 15) is 14.7 Å². The number of benzene rings is 1. The second kappa shape index (κ2) is 6.28. The molecule has 0 spiro atoms. The number of amides is 1. The molecule has 0 aliphatic rings. The first-order chi connectivity index (χ1) is 10.8. The Kier molecular flexibility index (Phi) is 4.59. The monoisotopic (exact) mass is 314 g/mol. The fourth-order valence-corrected chi connectivity index (χ4v) is 2.65. The largest absolute Gasteiger partial charge is 0.480 e. The van der Waals surface area contributed by atoms with Gasteiger partial charge in [0, 0.05) is 30.4 Å². The van der Waals surface area contributed by atoms with E-state index in [1.165, 1.54) is 6.92 Å². The van der Waals surface area contributed by atoms with Crippen LogP contribution in [0.4, 0.5) is 0 Å². The van der Waals surface area contributed by atoms with Crippen molar-refractivity contribution >= 4 is 22.8 Å². The van der Waals surface area contributed by atoms with Gasteiger partial charge in [-0.1, -0.05) is 24.3 Å². The second-order valence-electron chi connectivity index (χ2n) is 6.19. The van der Waals surface area contributed by atoms with Crippen molar-refractivity contribution in [2.75, 3.05) is 0 Å². The molecule has 2 rings (SSSR count). The lowest BCUT2D eigenvalue weighted by Crippen LogP contribution is -2.41. The Hall–Kier alpha value is -2.56. The first-order valence-corrected chi connectivity index (χ1v) is 7.49. The van der Waals surface area contributed by atoms with E-state index in [0.717, 1.165) is 16.5 Å². The van der Waals surface area contributed by atoms with Crippen molar-refractivity contribution in [2.45, 2.75) is 38.8 Å². The number of nitrogens with one attached hydrogen (secondary N) is 1. The van der Waals surface area contributed by atoms with Gasteiger partial charge >= 0.3 is 5.97 Å². The van der Waals surface area contributed by atoms with Crippen molar-refractivity contribution in [1.82, 2.24) is 9.88 Å². The predicted octanol–water partition coefficient (Wildman–Crippen LogP) is 2.69. The van der Waals surface area contributed by atoms with Crippen LogP contribution in [0.2, 0.25) is 0 Å². The quantitative estimate of drug-likeness (QED) is 0.805. The average molecular weight is 314 g/mol. The Bertz CT molecular complexity index is 759. The number of hydrogen-bond acceptors (Lipinski definition) is 2. The van der Waals surface area contributed by atoms with Crippen molar-refractivity contribution in [3.63, 3.8) is 0 Å². The number of hydrogen-bond donors (Lipinski definition) is 2. The number of rotatable bonds is 6. The molecular weight excluding hydrogens is 292 g/mol. The van der Waals surface area contributed by atoms with Crippen LogP contribution in [0, 0.1) is 0 Å². The van der Waals surface area contributed by atoms with Crippen LogP contribution in [0.3, 0.4) is 0 Å². The van der Waals surface area contributed by atoms with Gasteiger partial charge in [-0.3, -0.25) is 4.79 Å². The molecule has 0 saturated carbocycles. The summed E-state index contributed by atoms with van der Waals surface area (Å²) in [4.78, 5) is 22.6. The Morgan fingerprint density at radius 2 is 2.04 bits per heavy atom. The third-order valence-electron chi connectivity index (χ3n) is 4.01. The molecule has 0 saturated heterocycles. The first-order valence-electron chi connectivity index (χ1n) is 7.49. The highest BCUT2D eigenvalue weighted by molar-refractivity contribution is 5.87. The number of aromatic nitrogens is 1. The van der Waals surface area contributed by atoms with Gasteiger partial charge in [0.05, 0.1) is 5.54 Å². The van der Waals surface area contributed by atoms with Gasteiger partial charge in [-0.2, -0.15) is 0 Å². The van der Waals surface area contributed by atoms with Crippen LogP contribution in [-0.4, -0.2) is 27.6 Å². The predicted molar refractivity (Wildman–Crippen MR) is 90.4 cm³/mol. The zero-order chi connectivity index (χ0) is 17.2. The van der Waals surface area contributed by atoms with Gasteiger partial charge in [0.1, 0.15) is 6.04 Å². The Morgan fingerprint density at radius 1 is 1.39 bits per heavy atom. The standard InChI is InChI=1S/C18H22N2O3/c1-5-18(3,4)20-11-13(14-8-6-7-9-16(14)20)10-15(17(22)23)19-12(2)21/h5-9,11,15H,1,10H2,2-4H3,(H,19,21)(H,22,23)/t15-/m1/s1. The molecule has 1 aromatic heterocycles. The first kappa shape index (κ1) is 16.8. The molecule has 122 valence electrons. The Morgan fingerprint density at radius 3 is 2.61 bits per heavy atom. The number of carboxylic acids is 1. The normalized spacial score (nSPS) is 12.8. The molecule has 0 aliphatic carbocycles. The van der Waals surface area contributed by atoms with E-state index in [1.807, 2.05) is 50.4 Å². The summed E-state index contributed by atoms with van der Waals surface area (Å²) in [7, 11) is 0. The van der Waals surface area contributed by atoms with Crippen molar-refractivity contribution in [1.29, 1.82) is 0 Å². The third-order valence-corrected chi connectivity index (χ3v) is 4.01. The maximum atomic E-state index is 11.4. The van der Waals surface area contributed by atoms with Crippen molar-refractivity contribution in [3.05, 3.63) is 48.7 Å². The maximum Gasteiger partial charge on any atom is 0.326 e. The van der Waals surface area contributed by atoms with Crippen molar-refractivity contribution in [2.24, 2.45) is 0 Å². The van der Waals surface area contributed by atoms with E-state index >= 15 is 0 Å². The molecular formula is C18H22N2O3. The molecule has 5 nitrogen and oxygen atoms in total. The fraction of sp³-hybridized carbons (Fsp3) is 0.333. The van der Waals surface area contributed by atoms with Crippen LogP contribution in [0.5, 0.6) is 0 Å². The highest BCUT2D eigenvalue weighted by atomic mass is 16.4. The van der Waals surface area contributed by atoms with Crippen LogP contribution in [0.25, 0.3) is 10.9 Å². The second-order valence-corrected chi connectivity index (χ2v) is 6.19. The third kappa shape index (κ3) is 3.44. The van der Waals surface area contributed by atoms with E-state index in [4.69, 9.17) is 0 Å². The Balaban J connectivity index is 2.51. The average Bonchev–Trinajstić information content (AvgIpc) is 2.86. The highest BCUT2D eigenvalue weighted by Crippen LogP contribution is 2.29. The topological polar surface area (TPSA) is 71.3 Å². The number of allylic oxidation sites excluding steroid dienone is 1. The lowest BCUT2D eigenvalue weighted by Gasteiger charge is -2.23. The maximum absolute atomic E-state index is 11.4. The van der Waals surface area contributed by atoms with Gasteiger partial charge in [-0.15, -0.1) is 6.58 Å². The molecule has 1 atom stereocenters. The van der Waals surface area contributed by atoms with Crippen LogP contribution < -0.4 is 5.32 Å². The van der Waals surface area contributed by atoms with Gasteiger partial charge in [0.15, 0.2) is 0 Å². The molecule has 0 unspecified atom stereocenters. The minimum absolute atomic E-state index is 0.232. The summed E-state index contributed by atoms with van der Waals surface area (Å²) in [6.07, 6.45) is 4.03. The van der Waals surface area contributed by atoms with Crippen LogP contribution >= 0.6 is 0 Å². The smallest absolute Gasteiger partial charge is 0.326 e. The van der Waals surface area contributed by atoms with Gasteiger partial charge in [-0.25, -0.2) is 4.79 Å². The molecule has 0 fully saturated rings. The van der Waals surface area contributed by atoms with E-state index in [0.29, 0.717) is 0 Å². The van der Waals surface area contributed by atoms with Crippen molar-refractivity contribution < 1.29 is 14.7 Å². The van der Waals surface area contributed by atoms with E-state index in [1.54, 1.807) is 0 Å². The number of aliphatic carboxylic acids is 1. The van der Waals surface area contributed by atoms with Gasteiger partial charge in [-0.05, 0) is 25.5 Å². The van der Waals surface area contributed by atoms with Crippen LogP contribution in [-0.2, 0) is 21.5 Å². The summed E-state index contributed by atoms with van der Waals surface area (Å²) in [6.45, 7) is 9.28. The molecule has 0 radical (unpaired) electrons. The van der Waals surface area contributed by atoms with E-state index in [2.05, 4.69) is 16.5 Å². The molecule has 1 amide bonds. The molecule has 0 bridgehead atoms. The zero-order valence-electron chi connectivity index (χ0n) is 13.7. The summed E-state index contributed by atoms with van der Waals surface area (Å²) in [5.41, 5.74) is 1.60. The summed E-state index contributed by atoms with van der Waals surface area (Å²) < 4.78 is 2.08. The minimum Gasteiger partial charge on any atom is -0.480 e. The summed E-state index contributed by atoms with van der Waals surface area (Å²) in [6, 6.07) is 6.89.